The van der Waals surface area contributed by atoms with Crippen LogP contribution in [0.25, 0.3) is 11.4 Å². The molecular formula is C15H20ClN5O4S. The number of unbranched alkanes of at least 4 members (excludes halogenated alkanes) is 1. The molecule has 0 aliphatic heterocycles. The van der Waals surface area contributed by atoms with E-state index in [0.29, 0.717) is 35.8 Å². The maximum Gasteiger partial charge on any atom is 0.405 e. The van der Waals surface area contributed by atoms with Crippen LogP contribution in [0.4, 0.5) is 4.79 Å². The summed E-state index contributed by atoms with van der Waals surface area (Å²) in [5.74, 6) is 0.602. The van der Waals surface area contributed by atoms with Crippen molar-refractivity contribution in [3.8, 4) is 11.4 Å². The third-order valence-electron chi connectivity index (χ3n) is 3.59. The molecule has 1 unspecified atom stereocenters. The van der Waals surface area contributed by atoms with E-state index in [1.807, 2.05) is 12.1 Å². The van der Waals surface area contributed by atoms with Crippen LogP contribution in [0.3, 0.4) is 0 Å². The Morgan fingerprint density at radius 1 is 1.31 bits per heavy atom. The second-order valence-electron chi connectivity index (χ2n) is 5.62. The monoisotopic (exact) mass is 401 g/mol. The summed E-state index contributed by atoms with van der Waals surface area (Å²) < 4.78 is 23.8. The molecule has 1 atom stereocenters. The van der Waals surface area contributed by atoms with Crippen molar-refractivity contribution in [3.05, 3.63) is 41.2 Å². The van der Waals surface area contributed by atoms with E-state index in [-0.39, 0.29) is 6.54 Å². The molecule has 0 aliphatic rings. The van der Waals surface area contributed by atoms with Crippen LogP contribution >= 0.6 is 11.6 Å². The predicted molar refractivity (Wildman–Crippen MR) is 97.9 cm³/mol. The first-order chi connectivity index (χ1) is 12.2. The number of benzene rings is 1. The summed E-state index contributed by atoms with van der Waals surface area (Å²) in [4.78, 5) is 18.5. The lowest BCUT2D eigenvalue weighted by molar-refractivity contribution is 0.188. The van der Waals surface area contributed by atoms with Crippen molar-refractivity contribution in [1.29, 1.82) is 0 Å². The number of imidazole rings is 1. The number of nitrogens with zero attached hydrogens (tertiary/aromatic N) is 1. The Kier molecular flexibility index (Phi) is 6.98. The van der Waals surface area contributed by atoms with Crippen LogP contribution in [0.5, 0.6) is 0 Å². The molecule has 6 N–H and O–H groups in total. The van der Waals surface area contributed by atoms with Gasteiger partial charge in [0.1, 0.15) is 5.82 Å². The van der Waals surface area contributed by atoms with Gasteiger partial charge in [0.05, 0.1) is 11.7 Å². The first-order valence-corrected chi connectivity index (χ1v) is 9.75. The zero-order chi connectivity index (χ0) is 19.2. The van der Waals surface area contributed by atoms with Crippen LogP contribution in [0, 0.1) is 0 Å². The third-order valence-corrected chi connectivity index (χ3v) is 4.45. The van der Waals surface area contributed by atoms with Crippen LogP contribution < -0.4 is 15.2 Å². The van der Waals surface area contributed by atoms with Crippen LogP contribution in [-0.2, 0) is 10.2 Å². The fourth-order valence-corrected chi connectivity index (χ4v) is 2.96. The molecule has 1 aromatic carbocycles. The maximum atomic E-state index is 11.0. The summed E-state index contributed by atoms with van der Waals surface area (Å²) in [5.41, 5.74) is 1.38. The molecule has 142 valence electrons. The highest BCUT2D eigenvalue weighted by Crippen LogP contribution is 2.23. The van der Waals surface area contributed by atoms with E-state index in [2.05, 4.69) is 20.0 Å². The van der Waals surface area contributed by atoms with Gasteiger partial charge < -0.3 is 15.4 Å². The quantitative estimate of drug-likeness (QED) is 0.407. The molecular weight excluding hydrogens is 382 g/mol. The van der Waals surface area contributed by atoms with E-state index in [4.69, 9.17) is 21.8 Å². The number of nitrogens with one attached hydrogen (secondary N) is 3. The zero-order valence-electron chi connectivity index (χ0n) is 13.8. The minimum Gasteiger partial charge on any atom is -0.465 e. The largest absolute Gasteiger partial charge is 0.465 e. The van der Waals surface area contributed by atoms with Gasteiger partial charge in [-0.1, -0.05) is 11.6 Å². The van der Waals surface area contributed by atoms with Crippen LogP contribution in [0.2, 0.25) is 5.02 Å². The van der Waals surface area contributed by atoms with Gasteiger partial charge in [-0.3, -0.25) is 0 Å². The summed E-state index contributed by atoms with van der Waals surface area (Å²) in [5, 5.41) is 16.9. The topological polar surface area (TPSA) is 150 Å². The molecule has 0 spiro atoms. The van der Waals surface area contributed by atoms with E-state index >= 15 is 0 Å². The first-order valence-electron chi connectivity index (χ1n) is 7.82. The molecule has 1 aromatic heterocycles. The van der Waals surface area contributed by atoms with Crippen molar-refractivity contribution in [2.75, 3.05) is 6.54 Å². The van der Waals surface area contributed by atoms with Crippen molar-refractivity contribution in [3.63, 3.8) is 0 Å². The lowest BCUT2D eigenvalue weighted by Gasteiger charge is -2.14. The fraction of sp³-hybridized carbons (Fsp3) is 0.333. The van der Waals surface area contributed by atoms with Gasteiger partial charge in [0, 0.05) is 23.3 Å². The summed E-state index contributed by atoms with van der Waals surface area (Å²) in [6, 6.07) is 6.58. The van der Waals surface area contributed by atoms with E-state index in [1.165, 1.54) is 0 Å². The number of nitrogens with two attached hydrogens (primary N) is 1. The number of hydrogen-bond donors (Lipinski definition) is 5. The number of halogens is 1. The number of amides is 1. The Bertz CT molecular complexity index is 838. The second-order valence-corrected chi connectivity index (χ2v) is 7.43. The highest BCUT2D eigenvalue weighted by molar-refractivity contribution is 7.87. The second kappa shape index (κ2) is 8.99. The van der Waals surface area contributed by atoms with Gasteiger partial charge in [-0.15, -0.1) is 0 Å². The Morgan fingerprint density at radius 2 is 2.00 bits per heavy atom. The molecule has 0 fully saturated rings. The number of aromatic amines is 1. The fourth-order valence-electron chi connectivity index (χ4n) is 2.40. The minimum absolute atomic E-state index is 0.190. The van der Waals surface area contributed by atoms with E-state index < -0.39 is 22.3 Å². The van der Waals surface area contributed by atoms with Crippen LogP contribution in [0.1, 0.15) is 31.0 Å². The van der Waals surface area contributed by atoms with Gasteiger partial charge in [-0.05, 0) is 43.5 Å². The van der Waals surface area contributed by atoms with Gasteiger partial charge in [0.25, 0.3) is 10.2 Å². The summed E-state index contributed by atoms with van der Waals surface area (Å²) in [7, 11) is -3.71. The molecule has 11 heteroatoms. The standard InChI is InChI=1S/C15H20ClN5O4S/c16-11-6-4-10(5-7-11)14-18-9-13(20-14)12(21-15(22)23)3-1-2-8-19-26(17,24)25/h4-7,9,12,19,21H,1-3,8H2,(H,18,20)(H,22,23)(H2,17,24,25). The first kappa shape index (κ1) is 20.2. The van der Waals surface area contributed by atoms with Gasteiger partial charge in [-0.2, -0.15) is 8.42 Å². The van der Waals surface area contributed by atoms with Crippen LogP contribution in [-0.4, -0.2) is 36.1 Å². The Balaban J connectivity index is 2.00. The van der Waals surface area contributed by atoms with Crippen molar-refractivity contribution < 1.29 is 18.3 Å². The average Bonchev–Trinajstić information content (AvgIpc) is 3.02. The van der Waals surface area contributed by atoms with Crippen molar-refractivity contribution in [1.82, 2.24) is 20.0 Å². The average molecular weight is 402 g/mol. The normalized spacial score (nSPS) is 12.7. The molecule has 0 bridgehead atoms. The SMILES string of the molecule is NS(=O)(=O)NCCCCC(NC(=O)O)c1c[nH]c(-c2ccc(Cl)cc2)n1. The Hall–Kier alpha value is -2.14. The number of aromatic nitrogens is 2. The smallest absolute Gasteiger partial charge is 0.405 e. The maximum absolute atomic E-state index is 11.0. The molecule has 2 rings (SSSR count). The minimum atomic E-state index is -3.71. The number of rotatable bonds is 9. The Labute approximate surface area is 156 Å². The molecule has 1 heterocycles. The molecule has 9 nitrogen and oxygen atoms in total. The third kappa shape index (κ3) is 6.64. The molecule has 0 saturated carbocycles. The summed E-state index contributed by atoms with van der Waals surface area (Å²) in [6.07, 6.45) is 2.05. The van der Waals surface area contributed by atoms with E-state index in [0.717, 1.165) is 5.56 Å². The highest BCUT2D eigenvalue weighted by Gasteiger charge is 2.17. The van der Waals surface area contributed by atoms with Gasteiger partial charge >= 0.3 is 6.09 Å². The van der Waals surface area contributed by atoms with Crippen molar-refractivity contribution >= 4 is 27.9 Å². The Morgan fingerprint density at radius 3 is 2.62 bits per heavy atom. The number of carboxylic acid groups (broad SMARTS) is 1. The van der Waals surface area contributed by atoms with E-state index in [1.54, 1.807) is 18.3 Å². The number of hydrogen-bond acceptors (Lipinski definition) is 4. The molecule has 0 radical (unpaired) electrons. The molecule has 0 saturated heterocycles. The lowest BCUT2D eigenvalue weighted by atomic mass is 10.1. The lowest BCUT2D eigenvalue weighted by Crippen LogP contribution is -2.31. The summed E-state index contributed by atoms with van der Waals surface area (Å²) >= 11 is 5.87. The van der Waals surface area contributed by atoms with Crippen molar-refractivity contribution in [2.45, 2.75) is 25.3 Å². The van der Waals surface area contributed by atoms with Gasteiger partial charge in [0.15, 0.2) is 0 Å². The predicted octanol–water partition coefficient (Wildman–Crippen LogP) is 2.00. The number of H-pyrrole nitrogens is 1. The molecule has 1 amide bonds. The van der Waals surface area contributed by atoms with Crippen LogP contribution in [0.15, 0.2) is 30.5 Å². The number of carbonyl (C=O) groups is 1. The highest BCUT2D eigenvalue weighted by atomic mass is 35.5. The molecule has 26 heavy (non-hydrogen) atoms. The van der Waals surface area contributed by atoms with Gasteiger partial charge in [0.2, 0.25) is 0 Å². The van der Waals surface area contributed by atoms with Gasteiger partial charge in [-0.25, -0.2) is 19.6 Å². The zero-order valence-corrected chi connectivity index (χ0v) is 15.3. The molecule has 2 aromatic rings. The summed E-state index contributed by atoms with van der Waals surface area (Å²) in [6.45, 7) is 0.190. The molecule has 0 aliphatic carbocycles. The van der Waals surface area contributed by atoms with E-state index in [9.17, 15) is 13.2 Å². The van der Waals surface area contributed by atoms with Crippen molar-refractivity contribution in [2.24, 2.45) is 5.14 Å².